The quantitative estimate of drug-likeness (QED) is 0.413. The molecular weight excluding hydrogens is 398 g/mol. The van der Waals surface area contributed by atoms with Crippen LogP contribution in [-0.2, 0) is 13.1 Å². The van der Waals surface area contributed by atoms with E-state index in [0.717, 1.165) is 48.8 Å². The second kappa shape index (κ2) is 10.00. The first-order chi connectivity index (χ1) is 14.7. The SMILES string of the molecule is CC1=CCCCC1C(NCCCn1ccnc1)c1nnnn1Cc1ccc(Cl)cc1. The summed E-state index contributed by atoms with van der Waals surface area (Å²) in [5.74, 6) is 1.30. The Morgan fingerprint density at radius 1 is 1.27 bits per heavy atom. The number of aromatic nitrogens is 6. The van der Waals surface area contributed by atoms with E-state index in [1.165, 1.54) is 12.0 Å². The van der Waals surface area contributed by atoms with Crippen molar-refractivity contribution in [1.29, 1.82) is 0 Å². The third kappa shape index (κ3) is 5.15. The van der Waals surface area contributed by atoms with Crippen LogP contribution >= 0.6 is 11.6 Å². The van der Waals surface area contributed by atoms with Crippen LogP contribution in [0.5, 0.6) is 0 Å². The van der Waals surface area contributed by atoms with Crippen molar-refractivity contribution in [2.45, 2.75) is 51.7 Å². The molecule has 2 aromatic heterocycles. The zero-order chi connectivity index (χ0) is 20.8. The first-order valence-electron chi connectivity index (χ1n) is 10.6. The fourth-order valence-electron chi connectivity index (χ4n) is 4.14. The molecule has 2 heterocycles. The number of nitrogens with one attached hydrogen (secondary N) is 1. The lowest BCUT2D eigenvalue weighted by Gasteiger charge is -2.30. The Balaban J connectivity index is 1.50. The predicted octanol–water partition coefficient (Wildman–Crippen LogP) is 4.04. The molecule has 0 saturated carbocycles. The highest BCUT2D eigenvalue weighted by Gasteiger charge is 2.30. The van der Waals surface area contributed by atoms with Crippen molar-refractivity contribution in [2.24, 2.45) is 5.92 Å². The number of imidazole rings is 1. The smallest absolute Gasteiger partial charge is 0.169 e. The van der Waals surface area contributed by atoms with Crippen LogP contribution in [-0.4, -0.2) is 36.3 Å². The van der Waals surface area contributed by atoms with E-state index in [1.54, 1.807) is 0 Å². The topological polar surface area (TPSA) is 73.5 Å². The number of nitrogens with zero attached hydrogens (tertiary/aromatic N) is 6. The molecule has 4 rings (SSSR count). The number of hydrogen-bond donors (Lipinski definition) is 1. The third-order valence-corrected chi connectivity index (χ3v) is 6.02. The maximum atomic E-state index is 6.03. The zero-order valence-electron chi connectivity index (χ0n) is 17.3. The minimum Gasteiger partial charge on any atom is -0.337 e. The predicted molar refractivity (Wildman–Crippen MR) is 117 cm³/mol. The van der Waals surface area contributed by atoms with Gasteiger partial charge in [-0.25, -0.2) is 9.67 Å². The van der Waals surface area contributed by atoms with Gasteiger partial charge in [0.2, 0.25) is 0 Å². The number of rotatable bonds is 9. The maximum absolute atomic E-state index is 6.03. The summed E-state index contributed by atoms with van der Waals surface area (Å²) in [6.45, 7) is 4.69. The van der Waals surface area contributed by atoms with Gasteiger partial charge in [-0.15, -0.1) is 5.10 Å². The standard InChI is InChI=1S/C22H28ClN7/c1-17-5-2-3-6-20(17)21(25-11-4-13-29-14-12-24-16-29)22-26-27-28-30(22)15-18-7-9-19(23)10-8-18/h5,7-10,12,14,16,20-21,25H,2-4,6,11,13,15H2,1H3. The van der Waals surface area contributed by atoms with Gasteiger partial charge in [0.15, 0.2) is 5.82 Å². The summed E-state index contributed by atoms with van der Waals surface area (Å²) in [4.78, 5) is 4.11. The van der Waals surface area contributed by atoms with Crippen LogP contribution in [0.1, 0.15) is 50.0 Å². The largest absolute Gasteiger partial charge is 0.337 e. The van der Waals surface area contributed by atoms with E-state index >= 15 is 0 Å². The Kier molecular flexibility index (Phi) is 6.92. The highest BCUT2D eigenvalue weighted by atomic mass is 35.5. The lowest BCUT2D eigenvalue weighted by atomic mass is 9.82. The normalized spacial score (nSPS) is 17.7. The van der Waals surface area contributed by atoms with Crippen molar-refractivity contribution in [1.82, 2.24) is 35.1 Å². The second-order valence-corrected chi connectivity index (χ2v) is 8.33. The molecule has 1 aliphatic rings. The number of allylic oxidation sites excluding steroid dienone is 1. The van der Waals surface area contributed by atoms with E-state index in [9.17, 15) is 0 Å². The molecular formula is C22H28ClN7. The molecule has 158 valence electrons. The minimum absolute atomic E-state index is 0.0895. The molecule has 1 aliphatic carbocycles. The molecule has 3 aromatic rings. The van der Waals surface area contributed by atoms with Crippen molar-refractivity contribution >= 4 is 11.6 Å². The van der Waals surface area contributed by atoms with Crippen LogP contribution < -0.4 is 5.32 Å². The van der Waals surface area contributed by atoms with Gasteiger partial charge in [-0.3, -0.25) is 0 Å². The van der Waals surface area contributed by atoms with Crippen molar-refractivity contribution in [3.63, 3.8) is 0 Å². The summed E-state index contributed by atoms with van der Waals surface area (Å²) >= 11 is 6.03. The van der Waals surface area contributed by atoms with Gasteiger partial charge < -0.3 is 9.88 Å². The summed E-state index contributed by atoms with van der Waals surface area (Å²) in [6, 6.07) is 7.94. The number of hydrogen-bond acceptors (Lipinski definition) is 5. The van der Waals surface area contributed by atoms with Gasteiger partial charge in [-0.2, -0.15) is 0 Å². The summed E-state index contributed by atoms with van der Waals surface area (Å²) < 4.78 is 4.02. The molecule has 7 nitrogen and oxygen atoms in total. The lowest BCUT2D eigenvalue weighted by molar-refractivity contribution is 0.336. The van der Waals surface area contributed by atoms with Crippen LogP contribution in [0.3, 0.4) is 0 Å². The molecule has 0 saturated heterocycles. The Morgan fingerprint density at radius 3 is 2.90 bits per heavy atom. The second-order valence-electron chi connectivity index (χ2n) is 7.89. The average Bonchev–Trinajstić information content (AvgIpc) is 3.43. The van der Waals surface area contributed by atoms with Gasteiger partial charge in [0.1, 0.15) is 0 Å². The Hall–Kier alpha value is -2.51. The molecule has 0 radical (unpaired) electrons. The van der Waals surface area contributed by atoms with Gasteiger partial charge in [0.25, 0.3) is 0 Å². The highest BCUT2D eigenvalue weighted by molar-refractivity contribution is 6.30. The molecule has 2 atom stereocenters. The highest BCUT2D eigenvalue weighted by Crippen LogP contribution is 2.34. The number of benzene rings is 1. The monoisotopic (exact) mass is 425 g/mol. The van der Waals surface area contributed by atoms with Crippen LogP contribution in [0.15, 0.2) is 54.6 Å². The number of aryl methyl sites for hydroxylation is 1. The Bertz CT molecular complexity index is 946. The van der Waals surface area contributed by atoms with Crippen LogP contribution in [0, 0.1) is 5.92 Å². The molecule has 0 bridgehead atoms. The van der Waals surface area contributed by atoms with Gasteiger partial charge in [0.05, 0.1) is 18.9 Å². The Labute approximate surface area is 182 Å². The summed E-state index contributed by atoms with van der Waals surface area (Å²) in [6.07, 6.45) is 12.6. The molecule has 0 spiro atoms. The molecule has 2 unspecified atom stereocenters. The number of halogens is 1. The average molecular weight is 426 g/mol. The van der Waals surface area contributed by atoms with E-state index in [-0.39, 0.29) is 6.04 Å². The summed E-state index contributed by atoms with van der Waals surface area (Å²) in [7, 11) is 0. The van der Waals surface area contributed by atoms with Gasteiger partial charge in [-0.05, 0) is 67.3 Å². The zero-order valence-corrected chi connectivity index (χ0v) is 18.0. The Morgan fingerprint density at radius 2 is 2.13 bits per heavy atom. The first kappa shape index (κ1) is 20.8. The van der Waals surface area contributed by atoms with E-state index < -0.39 is 0 Å². The van der Waals surface area contributed by atoms with Gasteiger partial charge in [0, 0.05) is 29.9 Å². The fraction of sp³-hybridized carbons (Fsp3) is 0.455. The third-order valence-electron chi connectivity index (χ3n) is 5.77. The molecule has 0 aliphatic heterocycles. The van der Waals surface area contributed by atoms with Crippen molar-refractivity contribution in [3.05, 3.63) is 71.0 Å². The molecule has 0 amide bonds. The molecule has 1 N–H and O–H groups in total. The molecule has 0 fully saturated rings. The van der Waals surface area contributed by atoms with Crippen molar-refractivity contribution in [3.8, 4) is 0 Å². The van der Waals surface area contributed by atoms with E-state index in [4.69, 9.17) is 11.6 Å². The summed E-state index contributed by atoms with van der Waals surface area (Å²) in [5.41, 5.74) is 2.55. The lowest BCUT2D eigenvalue weighted by Crippen LogP contribution is -2.33. The fourth-order valence-corrected chi connectivity index (χ4v) is 4.26. The van der Waals surface area contributed by atoms with Crippen LogP contribution in [0.25, 0.3) is 0 Å². The van der Waals surface area contributed by atoms with Crippen LogP contribution in [0.4, 0.5) is 0 Å². The van der Waals surface area contributed by atoms with E-state index in [0.29, 0.717) is 12.5 Å². The van der Waals surface area contributed by atoms with Gasteiger partial charge in [-0.1, -0.05) is 35.4 Å². The van der Waals surface area contributed by atoms with E-state index in [2.05, 4.69) is 43.4 Å². The minimum atomic E-state index is 0.0895. The van der Waals surface area contributed by atoms with Crippen molar-refractivity contribution < 1.29 is 0 Å². The molecule has 1 aromatic carbocycles. The van der Waals surface area contributed by atoms with E-state index in [1.807, 2.05) is 47.7 Å². The molecule has 8 heteroatoms. The number of tetrazole rings is 1. The van der Waals surface area contributed by atoms with Crippen molar-refractivity contribution in [2.75, 3.05) is 6.54 Å². The molecule has 30 heavy (non-hydrogen) atoms. The van der Waals surface area contributed by atoms with Gasteiger partial charge >= 0.3 is 0 Å². The maximum Gasteiger partial charge on any atom is 0.169 e. The van der Waals surface area contributed by atoms with Crippen LogP contribution in [0.2, 0.25) is 5.02 Å². The first-order valence-corrected chi connectivity index (χ1v) is 10.9. The summed E-state index contributed by atoms with van der Waals surface area (Å²) in [5, 5.41) is 17.2.